The Hall–Kier alpha value is -5.87. The summed E-state index contributed by atoms with van der Waals surface area (Å²) in [5.41, 5.74) is 13.8. The van der Waals surface area contributed by atoms with Crippen LogP contribution in [0.4, 0.5) is 17.1 Å². The van der Waals surface area contributed by atoms with Crippen LogP contribution in [-0.2, 0) is 23.7 Å². The third kappa shape index (κ3) is 9.45. The molecule has 0 N–H and O–H groups in total. The smallest absolute Gasteiger partial charge is 0.0525 e. The SMILES string of the molecule is CC(C)(C(/C=C/C1=C(N(c2ccccc2)c2ccccc2)C(=C/C=C2/N(CCc3ccccc3)c3ccc(Cl)cc3C2(C)C)/CC1)=N/CCc1ccccc1)c1cccc(Cl)c1. The lowest BCUT2D eigenvalue weighted by Crippen LogP contribution is -2.28. The van der Waals surface area contributed by atoms with Crippen LogP contribution < -0.4 is 9.80 Å². The molecule has 0 aromatic heterocycles. The number of rotatable bonds is 14. The Morgan fingerprint density at radius 1 is 0.677 bits per heavy atom. The van der Waals surface area contributed by atoms with Gasteiger partial charge in [-0.2, -0.15) is 0 Å². The maximum absolute atomic E-state index is 6.68. The number of anilines is 3. The molecule has 62 heavy (non-hydrogen) atoms. The molecule has 8 rings (SSSR count). The number of fused-ring (bicyclic) bond motifs is 1. The van der Waals surface area contributed by atoms with Gasteiger partial charge >= 0.3 is 0 Å². The molecule has 0 saturated carbocycles. The van der Waals surface area contributed by atoms with E-state index in [0.717, 1.165) is 64.9 Å². The summed E-state index contributed by atoms with van der Waals surface area (Å²) in [6.45, 7) is 10.7. The van der Waals surface area contributed by atoms with Crippen LogP contribution >= 0.6 is 23.2 Å². The van der Waals surface area contributed by atoms with Gasteiger partial charge in [-0.1, -0.05) is 172 Å². The van der Waals surface area contributed by atoms with E-state index in [-0.39, 0.29) is 5.41 Å². The number of hydrogen-bond donors (Lipinski definition) is 0. The summed E-state index contributed by atoms with van der Waals surface area (Å²) in [5.74, 6) is 0. The molecule has 312 valence electrons. The highest BCUT2D eigenvalue weighted by Gasteiger charge is 2.40. The van der Waals surface area contributed by atoms with E-state index >= 15 is 0 Å². The van der Waals surface area contributed by atoms with Gasteiger partial charge in [-0.25, -0.2) is 0 Å². The molecular formula is C57H55Cl2N3. The fourth-order valence-corrected chi connectivity index (χ4v) is 9.32. The maximum atomic E-state index is 6.68. The Balaban J connectivity index is 1.25. The van der Waals surface area contributed by atoms with Crippen LogP contribution in [-0.4, -0.2) is 18.8 Å². The number of benzene rings is 6. The minimum atomic E-state index is -0.395. The maximum Gasteiger partial charge on any atom is 0.0525 e. The number of aliphatic imine (C=N–C) groups is 1. The fraction of sp³-hybridized carbons (Fsp3) is 0.211. The van der Waals surface area contributed by atoms with E-state index in [1.807, 2.05) is 18.2 Å². The molecule has 0 fully saturated rings. The van der Waals surface area contributed by atoms with Crippen LogP contribution in [0.15, 0.2) is 216 Å². The second-order valence-electron chi connectivity index (χ2n) is 17.3. The first-order valence-corrected chi connectivity index (χ1v) is 22.5. The van der Waals surface area contributed by atoms with Crippen molar-refractivity contribution in [1.29, 1.82) is 0 Å². The van der Waals surface area contributed by atoms with Crippen molar-refractivity contribution in [3.63, 3.8) is 0 Å². The van der Waals surface area contributed by atoms with Crippen molar-refractivity contribution in [2.24, 2.45) is 4.99 Å². The second kappa shape index (κ2) is 19.0. The van der Waals surface area contributed by atoms with Gasteiger partial charge in [0.1, 0.15) is 0 Å². The van der Waals surface area contributed by atoms with E-state index in [4.69, 9.17) is 28.2 Å². The predicted octanol–water partition coefficient (Wildman–Crippen LogP) is 15.2. The van der Waals surface area contributed by atoms with Gasteiger partial charge in [-0.3, -0.25) is 4.99 Å². The Morgan fingerprint density at radius 2 is 1.27 bits per heavy atom. The average molecular weight is 853 g/mol. The topological polar surface area (TPSA) is 18.8 Å². The van der Waals surface area contributed by atoms with E-state index in [2.05, 4.69) is 207 Å². The molecule has 6 aromatic rings. The molecule has 5 heteroatoms. The molecule has 0 saturated heterocycles. The number of nitrogens with zero attached hydrogens (tertiary/aromatic N) is 3. The lowest BCUT2D eigenvalue weighted by molar-refractivity contribution is 0.630. The van der Waals surface area contributed by atoms with Crippen molar-refractivity contribution in [2.75, 3.05) is 22.9 Å². The fourth-order valence-electron chi connectivity index (χ4n) is 8.95. The largest absolute Gasteiger partial charge is 0.344 e. The summed E-state index contributed by atoms with van der Waals surface area (Å²) >= 11 is 13.3. The molecule has 0 amide bonds. The van der Waals surface area contributed by atoms with Crippen LogP contribution in [0, 0.1) is 0 Å². The molecule has 0 atom stereocenters. The first-order chi connectivity index (χ1) is 30.1. The number of hydrogen-bond acceptors (Lipinski definition) is 3. The minimum Gasteiger partial charge on any atom is -0.344 e. The van der Waals surface area contributed by atoms with E-state index in [0.29, 0.717) is 6.54 Å². The first-order valence-electron chi connectivity index (χ1n) is 21.8. The van der Waals surface area contributed by atoms with Gasteiger partial charge in [0.25, 0.3) is 0 Å². The van der Waals surface area contributed by atoms with Gasteiger partial charge < -0.3 is 9.80 Å². The van der Waals surface area contributed by atoms with Gasteiger partial charge in [0, 0.05) is 62.4 Å². The highest BCUT2D eigenvalue weighted by molar-refractivity contribution is 6.31. The summed E-state index contributed by atoms with van der Waals surface area (Å²) in [7, 11) is 0. The lowest BCUT2D eigenvalue weighted by atomic mass is 9.79. The standard InChI is InChI=1S/C57H55Cl2N3/c1-56(2,46-22-17-23-47(58)40-46)53(60-38-36-42-18-9-5-10-19-42)34-30-44-28-29-45(55(44)62(49-24-13-7-14-25-49)50-26-15-8-16-27-50)31-35-54-57(3,4)51-41-48(59)32-33-52(51)61(54)39-37-43-20-11-6-12-21-43/h5-27,30-35,40-41H,28-29,36-39H2,1-4H3/b34-30+,45-31+,54-35+,60-53+. The predicted molar refractivity (Wildman–Crippen MR) is 265 cm³/mol. The molecular weight excluding hydrogens is 798 g/mol. The quantitative estimate of drug-likeness (QED) is 0.102. The highest BCUT2D eigenvalue weighted by atomic mass is 35.5. The third-order valence-electron chi connectivity index (χ3n) is 12.4. The Kier molecular flexibility index (Phi) is 13.1. The van der Waals surface area contributed by atoms with Crippen molar-refractivity contribution in [2.45, 2.75) is 64.2 Å². The minimum absolute atomic E-state index is 0.255. The summed E-state index contributed by atoms with van der Waals surface area (Å²) in [5, 5.41) is 1.49. The first kappa shape index (κ1) is 42.8. The lowest BCUT2D eigenvalue weighted by Gasteiger charge is -2.29. The van der Waals surface area contributed by atoms with Crippen LogP contribution in [0.3, 0.4) is 0 Å². The molecule has 1 aliphatic carbocycles. The van der Waals surface area contributed by atoms with Crippen molar-refractivity contribution < 1.29 is 0 Å². The molecule has 6 aromatic carbocycles. The van der Waals surface area contributed by atoms with E-state index in [9.17, 15) is 0 Å². The Labute approximate surface area is 379 Å². The zero-order valence-electron chi connectivity index (χ0n) is 36.2. The monoisotopic (exact) mass is 851 g/mol. The van der Waals surface area contributed by atoms with E-state index in [1.165, 1.54) is 44.9 Å². The molecule has 1 heterocycles. The molecule has 1 aliphatic heterocycles. The number of para-hydroxylation sites is 2. The van der Waals surface area contributed by atoms with Crippen LogP contribution in [0.1, 0.15) is 62.8 Å². The van der Waals surface area contributed by atoms with E-state index < -0.39 is 5.41 Å². The average Bonchev–Trinajstić information content (AvgIpc) is 3.77. The van der Waals surface area contributed by atoms with Crippen molar-refractivity contribution in [1.82, 2.24) is 0 Å². The molecule has 0 spiro atoms. The normalized spacial score (nSPS) is 16.5. The third-order valence-corrected chi connectivity index (χ3v) is 12.9. The summed E-state index contributed by atoms with van der Waals surface area (Å²) in [6.07, 6.45) is 13.0. The highest BCUT2D eigenvalue weighted by Crippen LogP contribution is 2.49. The molecule has 2 aliphatic rings. The molecule has 0 unspecified atom stereocenters. The number of allylic oxidation sites excluding steroid dienone is 7. The van der Waals surface area contributed by atoms with Crippen molar-refractivity contribution in [3.05, 3.63) is 243 Å². The Bertz CT molecular complexity index is 2600. The molecule has 0 radical (unpaired) electrons. The van der Waals surface area contributed by atoms with Gasteiger partial charge in [0.05, 0.1) is 5.70 Å². The zero-order chi connectivity index (χ0) is 43.1. The summed E-state index contributed by atoms with van der Waals surface area (Å²) < 4.78 is 0. The van der Waals surface area contributed by atoms with Crippen LogP contribution in [0.2, 0.25) is 10.0 Å². The van der Waals surface area contributed by atoms with Gasteiger partial charge in [-0.05, 0) is 126 Å². The van der Waals surface area contributed by atoms with Crippen molar-refractivity contribution >= 4 is 46.0 Å². The zero-order valence-corrected chi connectivity index (χ0v) is 37.7. The molecule has 3 nitrogen and oxygen atoms in total. The van der Waals surface area contributed by atoms with Gasteiger partial charge in [-0.15, -0.1) is 0 Å². The van der Waals surface area contributed by atoms with E-state index in [1.54, 1.807) is 0 Å². The van der Waals surface area contributed by atoms with Crippen LogP contribution in [0.25, 0.3) is 0 Å². The summed E-state index contributed by atoms with van der Waals surface area (Å²) in [6, 6.07) is 57.5. The van der Waals surface area contributed by atoms with Gasteiger partial charge in [0.2, 0.25) is 0 Å². The summed E-state index contributed by atoms with van der Waals surface area (Å²) in [4.78, 5) is 10.3. The van der Waals surface area contributed by atoms with Crippen molar-refractivity contribution in [3.8, 4) is 0 Å². The Morgan fingerprint density at radius 3 is 1.90 bits per heavy atom. The van der Waals surface area contributed by atoms with Gasteiger partial charge in [0.15, 0.2) is 0 Å². The number of halogens is 2. The second-order valence-corrected chi connectivity index (χ2v) is 18.1. The van der Waals surface area contributed by atoms with Crippen LogP contribution in [0.5, 0.6) is 0 Å². The molecule has 0 bridgehead atoms.